The highest BCUT2D eigenvalue weighted by molar-refractivity contribution is 5.97. The summed E-state index contributed by atoms with van der Waals surface area (Å²) in [5.41, 5.74) is 2.07. The van der Waals surface area contributed by atoms with Gasteiger partial charge in [-0.2, -0.15) is 0 Å². The molecule has 0 bridgehead atoms. The summed E-state index contributed by atoms with van der Waals surface area (Å²) in [4.78, 5) is 28.7. The molecular weight excluding hydrogens is 350 g/mol. The van der Waals surface area contributed by atoms with Crippen LogP contribution in [0.3, 0.4) is 0 Å². The van der Waals surface area contributed by atoms with Crippen LogP contribution in [0, 0.1) is 0 Å². The predicted molar refractivity (Wildman–Crippen MR) is 98.1 cm³/mol. The van der Waals surface area contributed by atoms with Gasteiger partial charge in [-0.25, -0.2) is 0 Å². The third-order valence-corrected chi connectivity index (χ3v) is 5.15. The number of nitrogens with zero attached hydrogens (tertiary/aromatic N) is 2. The highest BCUT2D eigenvalue weighted by atomic mass is 16.5. The first-order chi connectivity index (χ1) is 12.9. The van der Waals surface area contributed by atoms with Crippen LogP contribution in [0.5, 0.6) is 5.75 Å². The van der Waals surface area contributed by atoms with E-state index in [1.54, 1.807) is 19.1 Å². The first kappa shape index (κ1) is 19.6. The highest BCUT2D eigenvalue weighted by Gasteiger charge is 2.44. The summed E-state index contributed by atoms with van der Waals surface area (Å²) in [6.45, 7) is 4.27. The molecule has 0 spiro atoms. The lowest BCUT2D eigenvalue weighted by molar-refractivity contribution is -0.156. The number of rotatable bonds is 6. The molecular formula is C19H27N3O5. The van der Waals surface area contributed by atoms with E-state index in [1.165, 1.54) is 6.92 Å². The van der Waals surface area contributed by atoms with Crippen molar-refractivity contribution in [1.29, 1.82) is 0 Å². The van der Waals surface area contributed by atoms with E-state index in [0.29, 0.717) is 32.8 Å². The molecule has 2 saturated heterocycles. The van der Waals surface area contributed by atoms with Crippen LogP contribution in [-0.2, 0) is 27.5 Å². The van der Waals surface area contributed by atoms with Crippen LogP contribution in [0.15, 0.2) is 18.2 Å². The van der Waals surface area contributed by atoms with E-state index in [-0.39, 0.29) is 11.8 Å². The van der Waals surface area contributed by atoms with Gasteiger partial charge in [0.1, 0.15) is 17.8 Å². The zero-order chi connectivity index (χ0) is 19.6. The van der Waals surface area contributed by atoms with Crippen molar-refractivity contribution in [1.82, 2.24) is 15.1 Å². The molecule has 0 saturated carbocycles. The minimum absolute atomic E-state index is 0.207. The fraction of sp³-hybridized carbons (Fsp3) is 0.579. The number of ether oxygens (including phenoxy) is 2. The Morgan fingerprint density at radius 3 is 2.74 bits per heavy atom. The van der Waals surface area contributed by atoms with Crippen LogP contribution < -0.4 is 10.1 Å². The van der Waals surface area contributed by atoms with Crippen molar-refractivity contribution in [2.75, 3.05) is 33.9 Å². The number of amides is 2. The SMILES string of the molecule is COCc1cc(CN2CCN3C(=O)[C@@H]([C@H](C)O)NC(=O)[C@H]3C2)ccc1OC. The van der Waals surface area contributed by atoms with Gasteiger partial charge in [-0.3, -0.25) is 14.5 Å². The summed E-state index contributed by atoms with van der Waals surface area (Å²) in [5.74, 6) is 0.368. The number of hydrogen-bond acceptors (Lipinski definition) is 6. The molecule has 3 atom stereocenters. The molecule has 2 amide bonds. The topological polar surface area (TPSA) is 91.3 Å². The van der Waals surface area contributed by atoms with E-state index in [1.807, 2.05) is 18.2 Å². The molecule has 2 heterocycles. The van der Waals surface area contributed by atoms with Gasteiger partial charge in [-0.05, 0) is 24.6 Å². The Labute approximate surface area is 159 Å². The van der Waals surface area contributed by atoms with Gasteiger partial charge in [0, 0.05) is 38.9 Å². The number of carbonyl (C=O) groups excluding carboxylic acids is 2. The normalized spacial score (nSPS) is 24.4. The highest BCUT2D eigenvalue weighted by Crippen LogP contribution is 2.23. The first-order valence-electron chi connectivity index (χ1n) is 9.10. The smallest absolute Gasteiger partial charge is 0.248 e. The summed E-state index contributed by atoms with van der Waals surface area (Å²) >= 11 is 0. The zero-order valence-corrected chi connectivity index (χ0v) is 16.0. The molecule has 0 aliphatic carbocycles. The molecule has 0 unspecified atom stereocenters. The maximum Gasteiger partial charge on any atom is 0.248 e. The molecule has 2 fully saturated rings. The number of aliphatic hydroxyl groups excluding tert-OH is 1. The van der Waals surface area contributed by atoms with Gasteiger partial charge < -0.3 is 24.8 Å². The van der Waals surface area contributed by atoms with Crippen LogP contribution in [0.4, 0.5) is 0 Å². The van der Waals surface area contributed by atoms with Crippen molar-refractivity contribution in [3.63, 3.8) is 0 Å². The Kier molecular flexibility index (Phi) is 5.98. The molecule has 1 aromatic rings. The van der Waals surface area contributed by atoms with E-state index >= 15 is 0 Å². The van der Waals surface area contributed by atoms with Gasteiger partial charge in [-0.1, -0.05) is 6.07 Å². The summed E-state index contributed by atoms with van der Waals surface area (Å²) in [6.07, 6.45) is -0.904. The van der Waals surface area contributed by atoms with Crippen LogP contribution >= 0.6 is 0 Å². The lowest BCUT2D eigenvalue weighted by Gasteiger charge is -2.45. The molecule has 2 aliphatic heterocycles. The molecule has 8 nitrogen and oxygen atoms in total. The van der Waals surface area contributed by atoms with Crippen molar-refractivity contribution >= 4 is 11.8 Å². The van der Waals surface area contributed by atoms with E-state index in [0.717, 1.165) is 16.9 Å². The monoisotopic (exact) mass is 377 g/mol. The Balaban J connectivity index is 1.69. The second kappa shape index (κ2) is 8.24. The van der Waals surface area contributed by atoms with Crippen molar-refractivity contribution in [3.05, 3.63) is 29.3 Å². The number of methoxy groups -OCH3 is 2. The average molecular weight is 377 g/mol. The quantitative estimate of drug-likeness (QED) is 0.710. The van der Waals surface area contributed by atoms with Crippen LogP contribution in [0.2, 0.25) is 0 Å². The Hall–Kier alpha value is -2.16. The Morgan fingerprint density at radius 2 is 2.07 bits per heavy atom. The number of aliphatic hydroxyl groups is 1. The molecule has 1 aromatic carbocycles. The molecule has 27 heavy (non-hydrogen) atoms. The average Bonchev–Trinajstić information content (AvgIpc) is 2.65. The number of fused-ring (bicyclic) bond motifs is 1. The fourth-order valence-electron chi connectivity index (χ4n) is 3.74. The lowest BCUT2D eigenvalue weighted by Crippen LogP contribution is -2.70. The van der Waals surface area contributed by atoms with Crippen molar-refractivity contribution in [2.24, 2.45) is 0 Å². The standard InChI is InChI=1S/C19H27N3O5/c1-12(23)17-19(25)22-7-6-21(10-15(22)18(24)20-17)9-13-4-5-16(27-3)14(8-13)11-26-2/h4-5,8,12,15,17,23H,6-7,9-11H2,1-3H3,(H,20,24)/t12-,15+,17+/m0/s1. The van der Waals surface area contributed by atoms with Crippen LogP contribution in [0.1, 0.15) is 18.1 Å². The second-order valence-corrected chi connectivity index (χ2v) is 7.09. The predicted octanol–water partition coefficient (Wildman–Crippen LogP) is -0.266. The largest absolute Gasteiger partial charge is 0.496 e. The number of nitrogens with one attached hydrogen (secondary N) is 1. The zero-order valence-electron chi connectivity index (χ0n) is 16.0. The molecule has 3 rings (SSSR count). The summed E-state index contributed by atoms with van der Waals surface area (Å²) < 4.78 is 10.6. The number of benzene rings is 1. The van der Waals surface area contributed by atoms with Gasteiger partial charge in [0.2, 0.25) is 11.8 Å². The molecule has 2 aliphatic rings. The minimum atomic E-state index is -0.904. The van der Waals surface area contributed by atoms with Crippen molar-refractivity contribution < 1.29 is 24.2 Å². The molecule has 0 radical (unpaired) electrons. The summed E-state index contributed by atoms with van der Waals surface area (Å²) in [5, 5.41) is 12.4. The fourth-order valence-corrected chi connectivity index (χ4v) is 3.74. The van der Waals surface area contributed by atoms with Gasteiger partial charge in [0.05, 0.1) is 19.8 Å². The van der Waals surface area contributed by atoms with E-state index < -0.39 is 18.2 Å². The number of hydrogen-bond donors (Lipinski definition) is 2. The maximum atomic E-state index is 12.5. The first-order valence-corrected chi connectivity index (χ1v) is 9.10. The van der Waals surface area contributed by atoms with Gasteiger partial charge in [-0.15, -0.1) is 0 Å². The molecule has 8 heteroatoms. The third-order valence-electron chi connectivity index (χ3n) is 5.15. The van der Waals surface area contributed by atoms with Crippen molar-refractivity contribution in [3.8, 4) is 5.75 Å². The second-order valence-electron chi connectivity index (χ2n) is 7.09. The van der Waals surface area contributed by atoms with Crippen molar-refractivity contribution in [2.45, 2.75) is 38.3 Å². The van der Waals surface area contributed by atoms with Crippen LogP contribution in [0.25, 0.3) is 0 Å². The van der Waals surface area contributed by atoms with E-state index in [4.69, 9.17) is 9.47 Å². The van der Waals surface area contributed by atoms with E-state index in [2.05, 4.69) is 10.2 Å². The summed E-state index contributed by atoms with van der Waals surface area (Å²) in [7, 11) is 3.27. The Morgan fingerprint density at radius 1 is 1.30 bits per heavy atom. The van der Waals surface area contributed by atoms with Gasteiger partial charge in [0.15, 0.2) is 0 Å². The van der Waals surface area contributed by atoms with Gasteiger partial charge >= 0.3 is 0 Å². The number of carbonyl (C=O) groups is 2. The maximum absolute atomic E-state index is 12.5. The third kappa shape index (κ3) is 4.07. The summed E-state index contributed by atoms with van der Waals surface area (Å²) in [6, 6.07) is 4.60. The van der Waals surface area contributed by atoms with Gasteiger partial charge in [0.25, 0.3) is 0 Å². The Bertz CT molecular complexity index is 709. The van der Waals surface area contributed by atoms with Crippen LogP contribution in [-0.4, -0.2) is 78.8 Å². The minimum Gasteiger partial charge on any atom is -0.496 e. The molecule has 0 aromatic heterocycles. The molecule has 148 valence electrons. The number of piperazine rings is 2. The lowest BCUT2D eigenvalue weighted by atomic mass is 10.0. The van der Waals surface area contributed by atoms with E-state index in [9.17, 15) is 14.7 Å². The molecule has 2 N–H and O–H groups in total.